The van der Waals surface area contributed by atoms with Gasteiger partial charge in [0.2, 0.25) is 0 Å². The fourth-order valence-corrected chi connectivity index (χ4v) is 3.58. The minimum atomic E-state index is -0.242. The molecular formula is C23H34O2. The smallest absolute Gasteiger partial charge is 0.196 e. The summed E-state index contributed by atoms with van der Waals surface area (Å²) in [5.41, 5.74) is 1.64. The fourth-order valence-electron chi connectivity index (χ4n) is 3.58. The third-order valence-electron chi connectivity index (χ3n) is 4.74. The summed E-state index contributed by atoms with van der Waals surface area (Å²) in [6.07, 6.45) is 0.941. The first-order chi connectivity index (χ1) is 11.7. The zero-order chi connectivity index (χ0) is 18.6. The second-order valence-electron chi connectivity index (χ2n) is 8.39. The highest BCUT2D eigenvalue weighted by atomic mass is 16.7. The van der Waals surface area contributed by atoms with Crippen LogP contribution in [-0.2, 0) is 4.74 Å². The van der Waals surface area contributed by atoms with Crippen molar-refractivity contribution in [2.75, 3.05) is 6.61 Å². The number of fused-ring (bicyclic) bond motifs is 1. The molecule has 0 heterocycles. The molecule has 0 aliphatic carbocycles. The molecule has 0 spiro atoms. The quantitative estimate of drug-likeness (QED) is 0.516. The van der Waals surface area contributed by atoms with Crippen molar-refractivity contribution in [3.63, 3.8) is 0 Å². The zero-order valence-corrected chi connectivity index (χ0v) is 16.9. The summed E-state index contributed by atoms with van der Waals surface area (Å²) in [4.78, 5) is 0. The molecule has 2 nitrogen and oxygen atoms in total. The predicted molar refractivity (Wildman–Crippen MR) is 107 cm³/mol. The number of ether oxygens (including phenoxy) is 2. The second-order valence-corrected chi connectivity index (χ2v) is 8.39. The van der Waals surface area contributed by atoms with Gasteiger partial charge in [-0.15, -0.1) is 0 Å². The Bertz CT molecular complexity index is 682. The third-order valence-corrected chi connectivity index (χ3v) is 4.74. The fraction of sp³-hybridized carbons (Fsp3) is 0.565. The van der Waals surface area contributed by atoms with Crippen molar-refractivity contribution < 1.29 is 9.47 Å². The molecule has 0 saturated heterocycles. The van der Waals surface area contributed by atoms with Crippen LogP contribution in [0, 0.1) is 11.3 Å². The molecule has 0 bridgehead atoms. The predicted octanol–water partition coefficient (Wildman–Crippen LogP) is 6.78. The Morgan fingerprint density at radius 2 is 1.56 bits per heavy atom. The van der Waals surface area contributed by atoms with E-state index in [9.17, 15) is 0 Å². The molecular weight excluding hydrogens is 308 g/mol. The SMILES string of the molecule is CCOC(C)Oc1cccc2c(C(CC(C)C)C(C)(C)C)cccc12. The van der Waals surface area contributed by atoms with E-state index in [1.807, 2.05) is 19.9 Å². The Hall–Kier alpha value is -1.54. The molecule has 138 valence electrons. The molecule has 0 aliphatic heterocycles. The van der Waals surface area contributed by atoms with E-state index in [4.69, 9.17) is 9.47 Å². The van der Waals surface area contributed by atoms with Gasteiger partial charge in [0, 0.05) is 12.0 Å². The summed E-state index contributed by atoms with van der Waals surface area (Å²) < 4.78 is 11.6. The highest BCUT2D eigenvalue weighted by molar-refractivity contribution is 5.91. The van der Waals surface area contributed by atoms with Crippen LogP contribution in [0.2, 0.25) is 0 Å². The van der Waals surface area contributed by atoms with E-state index < -0.39 is 0 Å². The van der Waals surface area contributed by atoms with Crippen LogP contribution in [-0.4, -0.2) is 12.9 Å². The molecule has 2 unspecified atom stereocenters. The van der Waals surface area contributed by atoms with E-state index in [2.05, 4.69) is 65.0 Å². The van der Waals surface area contributed by atoms with Crippen molar-refractivity contribution in [2.24, 2.45) is 11.3 Å². The van der Waals surface area contributed by atoms with Gasteiger partial charge in [0.05, 0.1) is 0 Å². The number of rotatable bonds is 7. The van der Waals surface area contributed by atoms with Crippen LogP contribution in [0.3, 0.4) is 0 Å². The maximum atomic E-state index is 6.05. The maximum absolute atomic E-state index is 6.05. The van der Waals surface area contributed by atoms with Gasteiger partial charge in [-0.1, -0.05) is 65.0 Å². The molecule has 2 heteroatoms. The molecule has 0 aliphatic rings. The summed E-state index contributed by atoms with van der Waals surface area (Å²) >= 11 is 0. The van der Waals surface area contributed by atoms with Crippen molar-refractivity contribution in [2.45, 2.75) is 67.1 Å². The van der Waals surface area contributed by atoms with Crippen molar-refractivity contribution in [3.8, 4) is 5.75 Å². The topological polar surface area (TPSA) is 18.5 Å². The molecule has 0 aromatic heterocycles. The Kier molecular flexibility index (Phi) is 6.51. The molecule has 0 fully saturated rings. The van der Waals surface area contributed by atoms with Crippen LogP contribution in [0.1, 0.15) is 66.4 Å². The first-order valence-electron chi connectivity index (χ1n) is 9.54. The molecule has 2 aromatic carbocycles. The zero-order valence-electron chi connectivity index (χ0n) is 16.9. The summed E-state index contributed by atoms with van der Waals surface area (Å²) in [6.45, 7) is 16.2. The van der Waals surface area contributed by atoms with E-state index in [0.29, 0.717) is 18.4 Å². The van der Waals surface area contributed by atoms with Crippen LogP contribution in [0.5, 0.6) is 5.75 Å². The first kappa shape index (κ1) is 19.8. The van der Waals surface area contributed by atoms with E-state index in [1.165, 1.54) is 22.8 Å². The van der Waals surface area contributed by atoms with Crippen molar-refractivity contribution in [1.29, 1.82) is 0 Å². The average molecular weight is 343 g/mol. The van der Waals surface area contributed by atoms with Crippen molar-refractivity contribution in [1.82, 2.24) is 0 Å². The van der Waals surface area contributed by atoms with Crippen LogP contribution in [0.4, 0.5) is 0 Å². The van der Waals surface area contributed by atoms with Gasteiger partial charge in [-0.05, 0) is 54.5 Å². The Labute approximate surface area is 153 Å². The first-order valence-corrected chi connectivity index (χ1v) is 9.54. The highest BCUT2D eigenvalue weighted by Crippen LogP contribution is 2.43. The molecule has 0 amide bonds. The minimum absolute atomic E-state index is 0.216. The van der Waals surface area contributed by atoms with Gasteiger partial charge in [0.1, 0.15) is 5.75 Å². The standard InChI is InChI=1S/C23H34O2/c1-8-24-17(4)25-22-14-10-11-18-19(12-9-13-20(18)22)21(15-16(2)3)23(5,6)7/h9-14,16-17,21H,8,15H2,1-7H3. The largest absolute Gasteiger partial charge is 0.465 e. The van der Waals surface area contributed by atoms with Gasteiger partial charge in [0.15, 0.2) is 6.29 Å². The lowest BCUT2D eigenvalue weighted by molar-refractivity contribution is -0.0605. The van der Waals surface area contributed by atoms with Crippen LogP contribution >= 0.6 is 0 Å². The lowest BCUT2D eigenvalue weighted by Gasteiger charge is -2.33. The van der Waals surface area contributed by atoms with Gasteiger partial charge in [0.25, 0.3) is 0 Å². The van der Waals surface area contributed by atoms with E-state index in [-0.39, 0.29) is 11.7 Å². The van der Waals surface area contributed by atoms with Crippen LogP contribution in [0.25, 0.3) is 10.8 Å². The summed E-state index contributed by atoms with van der Waals surface area (Å²) in [6, 6.07) is 13.0. The summed E-state index contributed by atoms with van der Waals surface area (Å²) in [5.74, 6) is 2.07. The lowest BCUT2D eigenvalue weighted by atomic mass is 9.71. The molecule has 0 saturated carbocycles. The van der Waals surface area contributed by atoms with Gasteiger partial charge in [-0.2, -0.15) is 0 Å². The molecule has 25 heavy (non-hydrogen) atoms. The van der Waals surface area contributed by atoms with Crippen LogP contribution < -0.4 is 4.74 Å². The van der Waals surface area contributed by atoms with Gasteiger partial charge >= 0.3 is 0 Å². The second kappa shape index (κ2) is 8.23. The maximum Gasteiger partial charge on any atom is 0.196 e. The number of hydrogen-bond donors (Lipinski definition) is 0. The normalized spacial score (nSPS) is 14.7. The molecule has 0 radical (unpaired) electrons. The van der Waals surface area contributed by atoms with Crippen LogP contribution in [0.15, 0.2) is 36.4 Å². The summed E-state index contributed by atoms with van der Waals surface area (Å²) in [5, 5.41) is 2.47. The highest BCUT2D eigenvalue weighted by Gasteiger charge is 2.28. The Morgan fingerprint density at radius 3 is 2.16 bits per heavy atom. The van der Waals surface area contributed by atoms with Gasteiger partial charge in [-0.3, -0.25) is 0 Å². The molecule has 2 aromatic rings. The van der Waals surface area contributed by atoms with Crippen molar-refractivity contribution in [3.05, 3.63) is 42.0 Å². The lowest BCUT2D eigenvalue weighted by Crippen LogP contribution is -2.20. The van der Waals surface area contributed by atoms with E-state index >= 15 is 0 Å². The van der Waals surface area contributed by atoms with E-state index in [0.717, 1.165) is 5.75 Å². The molecule has 0 N–H and O–H groups in total. The number of hydrogen-bond acceptors (Lipinski definition) is 2. The number of benzene rings is 2. The van der Waals surface area contributed by atoms with Crippen molar-refractivity contribution >= 4 is 10.8 Å². The molecule has 2 rings (SSSR count). The van der Waals surface area contributed by atoms with Gasteiger partial charge in [-0.25, -0.2) is 0 Å². The third kappa shape index (κ3) is 4.98. The Morgan fingerprint density at radius 1 is 0.920 bits per heavy atom. The van der Waals surface area contributed by atoms with Gasteiger partial charge < -0.3 is 9.47 Å². The minimum Gasteiger partial charge on any atom is -0.465 e. The summed E-state index contributed by atoms with van der Waals surface area (Å²) in [7, 11) is 0. The van der Waals surface area contributed by atoms with E-state index in [1.54, 1.807) is 0 Å². The monoisotopic (exact) mass is 342 g/mol. The average Bonchev–Trinajstić information content (AvgIpc) is 2.51. The Balaban J connectivity index is 2.51. The molecule has 2 atom stereocenters.